The number of halogens is 1. The zero-order chi connectivity index (χ0) is 17.0. The number of pyridine rings is 1. The maximum Gasteiger partial charge on any atom is 0.213 e. The van der Waals surface area contributed by atoms with Gasteiger partial charge in [-0.1, -0.05) is 18.2 Å². The molecule has 1 heterocycles. The molecule has 6 nitrogen and oxygen atoms in total. The van der Waals surface area contributed by atoms with Crippen molar-refractivity contribution in [2.45, 2.75) is 13.5 Å². The Hall–Kier alpha value is -2.03. The molecule has 0 aliphatic carbocycles. The Morgan fingerprint density at radius 3 is 2.64 bits per heavy atom. The van der Waals surface area contributed by atoms with Crippen molar-refractivity contribution >= 4 is 29.9 Å². The fourth-order valence-corrected chi connectivity index (χ4v) is 2.05. The molecule has 25 heavy (non-hydrogen) atoms. The molecule has 0 fully saturated rings. The number of rotatable bonds is 8. The van der Waals surface area contributed by atoms with Crippen molar-refractivity contribution < 1.29 is 9.47 Å². The second kappa shape index (κ2) is 12.3. The number of nitrogens with one attached hydrogen (secondary N) is 2. The van der Waals surface area contributed by atoms with Crippen LogP contribution in [0.3, 0.4) is 0 Å². The molecule has 1 aromatic carbocycles. The minimum Gasteiger partial charge on any atom is -0.492 e. The summed E-state index contributed by atoms with van der Waals surface area (Å²) in [6.07, 6.45) is 1.74. The van der Waals surface area contributed by atoms with Crippen molar-refractivity contribution in [1.82, 2.24) is 15.6 Å². The van der Waals surface area contributed by atoms with Crippen LogP contribution in [-0.4, -0.2) is 37.7 Å². The first-order chi connectivity index (χ1) is 11.8. The number of aliphatic imine (C=N–C) groups is 1. The van der Waals surface area contributed by atoms with Crippen LogP contribution in [0, 0.1) is 0 Å². The van der Waals surface area contributed by atoms with E-state index in [9.17, 15) is 0 Å². The molecular weight excluding hydrogens is 431 g/mol. The molecule has 2 N–H and O–H groups in total. The fourth-order valence-electron chi connectivity index (χ4n) is 2.05. The largest absolute Gasteiger partial charge is 0.492 e. The minimum absolute atomic E-state index is 0. The molecule has 0 saturated carbocycles. The van der Waals surface area contributed by atoms with Crippen LogP contribution in [0.5, 0.6) is 11.6 Å². The van der Waals surface area contributed by atoms with Crippen LogP contribution in [0.4, 0.5) is 0 Å². The average molecular weight is 456 g/mol. The van der Waals surface area contributed by atoms with E-state index in [2.05, 4.69) is 20.6 Å². The predicted molar refractivity (Wildman–Crippen MR) is 111 cm³/mol. The number of benzene rings is 1. The standard InChI is InChI=1S/C18H24N4O2.HI/c1-3-23-17-13-15(9-10-20-17)14-22-18(19-2)21-11-12-24-16-7-5-4-6-8-16;/h4-10,13H,3,11-12,14H2,1-2H3,(H2,19,21,22);1H. The summed E-state index contributed by atoms with van der Waals surface area (Å²) >= 11 is 0. The zero-order valence-electron chi connectivity index (χ0n) is 14.6. The van der Waals surface area contributed by atoms with Crippen molar-refractivity contribution in [3.8, 4) is 11.6 Å². The summed E-state index contributed by atoms with van der Waals surface area (Å²) in [6, 6.07) is 13.6. The van der Waals surface area contributed by atoms with E-state index in [1.165, 1.54) is 0 Å². The van der Waals surface area contributed by atoms with Crippen molar-refractivity contribution in [1.29, 1.82) is 0 Å². The van der Waals surface area contributed by atoms with Gasteiger partial charge in [0.2, 0.25) is 5.88 Å². The van der Waals surface area contributed by atoms with Crippen molar-refractivity contribution in [2.24, 2.45) is 4.99 Å². The molecule has 0 bridgehead atoms. The SMILES string of the molecule is CCOc1cc(CNC(=NC)NCCOc2ccccc2)ccn1.I. The van der Waals surface area contributed by atoms with E-state index in [1.807, 2.05) is 49.4 Å². The highest BCUT2D eigenvalue weighted by Gasteiger charge is 2.01. The van der Waals surface area contributed by atoms with Crippen molar-refractivity contribution in [3.63, 3.8) is 0 Å². The van der Waals surface area contributed by atoms with Crippen LogP contribution in [0.2, 0.25) is 0 Å². The highest BCUT2D eigenvalue weighted by Crippen LogP contribution is 2.09. The molecule has 0 amide bonds. The summed E-state index contributed by atoms with van der Waals surface area (Å²) in [7, 11) is 1.74. The monoisotopic (exact) mass is 456 g/mol. The molecule has 0 radical (unpaired) electrons. The van der Waals surface area contributed by atoms with E-state index < -0.39 is 0 Å². The lowest BCUT2D eigenvalue weighted by atomic mass is 10.2. The van der Waals surface area contributed by atoms with Gasteiger partial charge >= 0.3 is 0 Å². The molecule has 0 atom stereocenters. The van der Waals surface area contributed by atoms with Gasteiger partial charge in [-0.3, -0.25) is 4.99 Å². The molecule has 0 spiro atoms. The quantitative estimate of drug-likeness (QED) is 0.277. The smallest absolute Gasteiger partial charge is 0.213 e. The molecule has 2 aromatic rings. The third-order valence-electron chi connectivity index (χ3n) is 3.18. The highest BCUT2D eigenvalue weighted by molar-refractivity contribution is 14.0. The first-order valence-corrected chi connectivity index (χ1v) is 8.02. The Balaban J connectivity index is 0.00000312. The summed E-state index contributed by atoms with van der Waals surface area (Å²) in [5, 5.41) is 6.47. The minimum atomic E-state index is 0. The van der Waals surface area contributed by atoms with Gasteiger partial charge in [0.15, 0.2) is 5.96 Å². The Bertz CT molecular complexity index is 638. The van der Waals surface area contributed by atoms with Gasteiger partial charge in [0.05, 0.1) is 13.2 Å². The van der Waals surface area contributed by atoms with Crippen molar-refractivity contribution in [2.75, 3.05) is 26.8 Å². The third-order valence-corrected chi connectivity index (χ3v) is 3.18. The summed E-state index contributed by atoms with van der Waals surface area (Å²) in [6.45, 7) is 4.41. The van der Waals surface area contributed by atoms with Gasteiger partial charge in [0.1, 0.15) is 12.4 Å². The molecule has 0 aliphatic rings. The van der Waals surface area contributed by atoms with Gasteiger partial charge in [-0.15, -0.1) is 24.0 Å². The summed E-state index contributed by atoms with van der Waals surface area (Å²) in [4.78, 5) is 8.35. The predicted octanol–water partition coefficient (Wildman–Crippen LogP) is 2.84. The number of nitrogens with zero attached hydrogens (tertiary/aromatic N) is 2. The van der Waals surface area contributed by atoms with Crippen LogP contribution in [0.15, 0.2) is 53.7 Å². The number of hydrogen-bond acceptors (Lipinski definition) is 4. The Morgan fingerprint density at radius 2 is 1.92 bits per heavy atom. The zero-order valence-corrected chi connectivity index (χ0v) is 16.9. The van der Waals surface area contributed by atoms with Gasteiger partial charge < -0.3 is 20.1 Å². The topological polar surface area (TPSA) is 67.8 Å². The summed E-state index contributed by atoms with van der Waals surface area (Å²) < 4.78 is 11.0. The van der Waals surface area contributed by atoms with Crippen molar-refractivity contribution in [3.05, 3.63) is 54.2 Å². The van der Waals surface area contributed by atoms with E-state index >= 15 is 0 Å². The molecule has 0 saturated heterocycles. The third kappa shape index (κ3) is 8.06. The van der Waals surface area contributed by atoms with Gasteiger partial charge in [-0.25, -0.2) is 4.98 Å². The molecule has 1 aromatic heterocycles. The van der Waals surface area contributed by atoms with Gasteiger partial charge in [-0.2, -0.15) is 0 Å². The van der Waals surface area contributed by atoms with E-state index in [0.29, 0.717) is 32.2 Å². The maximum atomic E-state index is 5.64. The number of hydrogen-bond donors (Lipinski definition) is 2. The number of aromatic nitrogens is 1. The number of guanidine groups is 1. The molecule has 0 aliphatic heterocycles. The second-order valence-corrected chi connectivity index (χ2v) is 4.95. The molecule has 2 rings (SSSR count). The molecular formula is C18H25IN4O2. The first-order valence-electron chi connectivity index (χ1n) is 8.02. The van der Waals surface area contributed by atoms with Gasteiger partial charge in [0, 0.05) is 25.9 Å². The van der Waals surface area contributed by atoms with Crippen LogP contribution in [-0.2, 0) is 6.54 Å². The van der Waals surface area contributed by atoms with E-state index in [4.69, 9.17) is 9.47 Å². The Morgan fingerprint density at radius 1 is 1.12 bits per heavy atom. The number of ether oxygens (including phenoxy) is 2. The summed E-state index contributed by atoms with van der Waals surface area (Å²) in [5.74, 6) is 2.22. The van der Waals surface area contributed by atoms with Crippen LogP contribution < -0.4 is 20.1 Å². The first kappa shape index (κ1) is 21.0. The highest BCUT2D eigenvalue weighted by atomic mass is 127. The maximum absolute atomic E-state index is 5.64. The molecule has 0 unspecified atom stereocenters. The van der Waals surface area contributed by atoms with Gasteiger partial charge in [0.25, 0.3) is 0 Å². The fraction of sp³-hybridized carbons (Fsp3) is 0.333. The summed E-state index contributed by atoms with van der Waals surface area (Å²) in [5.41, 5.74) is 1.08. The lowest BCUT2D eigenvalue weighted by molar-refractivity contribution is 0.322. The van der Waals surface area contributed by atoms with E-state index in [1.54, 1.807) is 13.2 Å². The van der Waals surface area contributed by atoms with Crippen LogP contribution >= 0.6 is 24.0 Å². The second-order valence-electron chi connectivity index (χ2n) is 4.95. The average Bonchev–Trinajstić information content (AvgIpc) is 2.63. The van der Waals surface area contributed by atoms with Crippen LogP contribution in [0.1, 0.15) is 12.5 Å². The van der Waals surface area contributed by atoms with E-state index in [0.717, 1.165) is 17.3 Å². The molecule has 136 valence electrons. The Labute approximate surface area is 166 Å². The Kier molecular flexibility index (Phi) is 10.4. The number of para-hydroxylation sites is 1. The van der Waals surface area contributed by atoms with Crippen LogP contribution in [0.25, 0.3) is 0 Å². The lowest BCUT2D eigenvalue weighted by Crippen LogP contribution is -2.38. The van der Waals surface area contributed by atoms with E-state index in [-0.39, 0.29) is 24.0 Å². The lowest BCUT2D eigenvalue weighted by Gasteiger charge is -2.13. The molecule has 7 heteroatoms. The van der Waals surface area contributed by atoms with Gasteiger partial charge in [-0.05, 0) is 30.7 Å². The normalized spacial score (nSPS) is 10.6.